The Balaban J connectivity index is 1.24. The van der Waals surface area contributed by atoms with E-state index in [0.717, 1.165) is 49.1 Å². The first-order valence-electron chi connectivity index (χ1n) is 12.0. The van der Waals surface area contributed by atoms with Gasteiger partial charge in [-0.3, -0.25) is 4.79 Å². The zero-order valence-corrected chi connectivity index (χ0v) is 20.3. The van der Waals surface area contributed by atoms with Crippen molar-refractivity contribution < 1.29 is 9.53 Å². The number of anilines is 1. The van der Waals surface area contributed by atoms with Gasteiger partial charge in [0, 0.05) is 28.5 Å². The Kier molecular flexibility index (Phi) is 6.97. The molecule has 1 saturated carbocycles. The van der Waals surface area contributed by atoms with Gasteiger partial charge in [0.25, 0.3) is 5.91 Å². The number of nitrogens with zero attached hydrogens (tertiary/aromatic N) is 3. The van der Waals surface area contributed by atoms with Crippen molar-refractivity contribution in [2.24, 2.45) is 0 Å². The van der Waals surface area contributed by atoms with Gasteiger partial charge in [-0.2, -0.15) is 5.10 Å². The number of amides is 1. The van der Waals surface area contributed by atoms with Crippen LogP contribution in [0.2, 0.25) is 5.02 Å². The van der Waals surface area contributed by atoms with Crippen LogP contribution in [0.5, 0.6) is 5.75 Å². The van der Waals surface area contributed by atoms with Crippen molar-refractivity contribution in [3.05, 3.63) is 77.7 Å². The molecule has 1 fully saturated rings. The summed E-state index contributed by atoms with van der Waals surface area (Å²) in [5, 5.41) is 11.4. The summed E-state index contributed by atoms with van der Waals surface area (Å²) >= 11 is 6.14. The lowest BCUT2D eigenvalue weighted by molar-refractivity contribution is 0.102. The maximum atomic E-state index is 12.9. The van der Waals surface area contributed by atoms with E-state index in [1.165, 1.54) is 0 Å². The molecule has 2 heterocycles. The summed E-state index contributed by atoms with van der Waals surface area (Å²) in [6.07, 6.45) is 8.08. The standard InChI is InChI=1S/C27H28ClN5O2/c1-2-29-20-6-10-22(11-7-20)35-23-12-8-21(9-13-23)31-27(34)25-14-15-33-26(32-25)24(17-30-33)18-4-3-5-19(28)16-18/h3-5,8-9,12-17,20,22,29H,2,6-7,10-11H2,1H3,(H,31,34). The van der Waals surface area contributed by atoms with E-state index in [1.807, 2.05) is 48.5 Å². The highest BCUT2D eigenvalue weighted by Gasteiger charge is 2.21. The fourth-order valence-corrected chi connectivity index (χ4v) is 4.72. The van der Waals surface area contributed by atoms with Crippen LogP contribution in [0.4, 0.5) is 5.69 Å². The van der Waals surface area contributed by atoms with Gasteiger partial charge in [-0.25, -0.2) is 9.50 Å². The normalized spacial score (nSPS) is 17.9. The summed E-state index contributed by atoms with van der Waals surface area (Å²) in [6.45, 7) is 3.16. The third kappa shape index (κ3) is 5.47. The Bertz CT molecular complexity index is 1310. The van der Waals surface area contributed by atoms with Crippen LogP contribution in [0.3, 0.4) is 0 Å². The number of benzene rings is 2. The zero-order valence-electron chi connectivity index (χ0n) is 19.6. The Morgan fingerprint density at radius 2 is 1.91 bits per heavy atom. The molecule has 1 aliphatic rings. The Morgan fingerprint density at radius 1 is 1.11 bits per heavy atom. The molecule has 0 unspecified atom stereocenters. The average molecular weight is 490 g/mol. The lowest BCUT2D eigenvalue weighted by Gasteiger charge is -2.29. The first-order chi connectivity index (χ1) is 17.1. The van der Waals surface area contributed by atoms with Crippen molar-refractivity contribution in [3.63, 3.8) is 0 Å². The lowest BCUT2D eigenvalue weighted by atomic mass is 9.93. The van der Waals surface area contributed by atoms with Crippen molar-refractivity contribution >= 4 is 28.8 Å². The van der Waals surface area contributed by atoms with Crippen LogP contribution in [0, 0.1) is 0 Å². The molecule has 2 aromatic carbocycles. The van der Waals surface area contributed by atoms with E-state index in [1.54, 1.807) is 23.0 Å². The summed E-state index contributed by atoms with van der Waals surface area (Å²) in [4.78, 5) is 17.5. The molecule has 4 aromatic rings. The van der Waals surface area contributed by atoms with Crippen LogP contribution in [0.15, 0.2) is 67.0 Å². The van der Waals surface area contributed by atoms with Crippen LogP contribution in [-0.2, 0) is 0 Å². The predicted octanol–water partition coefficient (Wildman–Crippen LogP) is 5.60. The van der Waals surface area contributed by atoms with Gasteiger partial charge in [-0.05, 0) is 80.3 Å². The molecule has 180 valence electrons. The number of carbonyl (C=O) groups is 1. The highest BCUT2D eigenvalue weighted by atomic mass is 35.5. The van der Waals surface area contributed by atoms with Gasteiger partial charge in [-0.15, -0.1) is 0 Å². The largest absolute Gasteiger partial charge is 0.490 e. The van der Waals surface area contributed by atoms with Crippen molar-refractivity contribution in [1.82, 2.24) is 19.9 Å². The van der Waals surface area contributed by atoms with Crippen molar-refractivity contribution in [2.75, 3.05) is 11.9 Å². The van der Waals surface area contributed by atoms with Crippen LogP contribution >= 0.6 is 11.6 Å². The average Bonchev–Trinajstić information content (AvgIpc) is 3.30. The Hall–Kier alpha value is -3.42. The molecule has 0 saturated heterocycles. The van der Waals surface area contributed by atoms with E-state index in [9.17, 15) is 4.79 Å². The van der Waals surface area contributed by atoms with Gasteiger partial charge in [0.15, 0.2) is 5.65 Å². The minimum absolute atomic E-state index is 0.241. The zero-order chi connectivity index (χ0) is 24.2. The molecule has 0 radical (unpaired) electrons. The topological polar surface area (TPSA) is 80.5 Å². The summed E-state index contributed by atoms with van der Waals surface area (Å²) in [7, 11) is 0. The van der Waals surface area contributed by atoms with Crippen LogP contribution in [0.1, 0.15) is 43.1 Å². The molecular formula is C27H28ClN5O2. The minimum Gasteiger partial charge on any atom is -0.490 e. The molecule has 0 spiro atoms. The molecule has 0 bridgehead atoms. The van der Waals surface area contributed by atoms with Crippen molar-refractivity contribution in [3.8, 4) is 16.9 Å². The highest BCUT2D eigenvalue weighted by Crippen LogP contribution is 2.27. The summed E-state index contributed by atoms with van der Waals surface area (Å²) in [5.41, 5.74) is 3.28. The summed E-state index contributed by atoms with van der Waals surface area (Å²) in [5.74, 6) is 0.529. The van der Waals surface area contributed by atoms with E-state index in [4.69, 9.17) is 16.3 Å². The number of halogens is 1. The molecule has 0 aliphatic heterocycles. The number of hydrogen-bond acceptors (Lipinski definition) is 5. The highest BCUT2D eigenvalue weighted by molar-refractivity contribution is 6.30. The second-order valence-corrected chi connectivity index (χ2v) is 9.21. The SMILES string of the molecule is CCNC1CCC(Oc2ccc(NC(=O)c3ccn4ncc(-c5cccc(Cl)c5)c4n3)cc2)CC1. The molecule has 2 aromatic heterocycles. The summed E-state index contributed by atoms with van der Waals surface area (Å²) in [6, 6.07) is 17.2. The van der Waals surface area contributed by atoms with Crippen molar-refractivity contribution in [1.29, 1.82) is 0 Å². The quantitative estimate of drug-likeness (QED) is 0.353. The van der Waals surface area contributed by atoms with Gasteiger partial charge < -0.3 is 15.4 Å². The van der Waals surface area contributed by atoms with Crippen molar-refractivity contribution in [2.45, 2.75) is 44.8 Å². The van der Waals surface area contributed by atoms with E-state index >= 15 is 0 Å². The van der Waals surface area contributed by atoms with Gasteiger partial charge >= 0.3 is 0 Å². The number of nitrogens with one attached hydrogen (secondary N) is 2. The molecule has 1 amide bonds. The number of carbonyl (C=O) groups excluding carboxylic acids is 1. The van der Waals surface area contributed by atoms with Gasteiger partial charge in [0.05, 0.1) is 12.3 Å². The Morgan fingerprint density at radius 3 is 2.66 bits per heavy atom. The molecule has 1 aliphatic carbocycles. The number of ether oxygens (including phenoxy) is 1. The molecule has 0 atom stereocenters. The number of fused-ring (bicyclic) bond motifs is 1. The first-order valence-corrected chi connectivity index (χ1v) is 12.4. The maximum Gasteiger partial charge on any atom is 0.274 e. The van der Waals surface area contributed by atoms with E-state index in [0.29, 0.717) is 28.1 Å². The summed E-state index contributed by atoms with van der Waals surface area (Å²) < 4.78 is 7.80. The fraction of sp³-hybridized carbons (Fsp3) is 0.296. The molecule has 35 heavy (non-hydrogen) atoms. The molecule has 8 heteroatoms. The van der Waals surface area contributed by atoms with E-state index < -0.39 is 0 Å². The van der Waals surface area contributed by atoms with E-state index in [-0.39, 0.29) is 12.0 Å². The maximum absolute atomic E-state index is 12.9. The molecule has 5 rings (SSSR count). The van der Waals surface area contributed by atoms with E-state index in [2.05, 4.69) is 27.6 Å². The Labute approximate surface area is 209 Å². The number of hydrogen-bond donors (Lipinski definition) is 2. The smallest absolute Gasteiger partial charge is 0.274 e. The van der Waals surface area contributed by atoms with Crippen LogP contribution in [0.25, 0.3) is 16.8 Å². The second kappa shape index (κ2) is 10.5. The first kappa shape index (κ1) is 23.3. The number of rotatable bonds is 7. The molecule has 2 N–H and O–H groups in total. The third-order valence-corrected chi connectivity index (χ3v) is 6.55. The monoisotopic (exact) mass is 489 g/mol. The second-order valence-electron chi connectivity index (χ2n) is 8.78. The number of aromatic nitrogens is 3. The lowest BCUT2D eigenvalue weighted by Crippen LogP contribution is -2.36. The van der Waals surface area contributed by atoms with Gasteiger partial charge in [0.2, 0.25) is 0 Å². The predicted molar refractivity (Wildman–Crippen MR) is 138 cm³/mol. The van der Waals surface area contributed by atoms with Gasteiger partial charge in [-0.1, -0.05) is 30.7 Å². The van der Waals surface area contributed by atoms with Crippen LogP contribution in [-0.4, -0.2) is 39.2 Å². The third-order valence-electron chi connectivity index (χ3n) is 6.32. The van der Waals surface area contributed by atoms with Gasteiger partial charge in [0.1, 0.15) is 11.4 Å². The fourth-order valence-electron chi connectivity index (χ4n) is 4.53. The van der Waals surface area contributed by atoms with Crippen LogP contribution < -0.4 is 15.4 Å². The molecule has 7 nitrogen and oxygen atoms in total. The molecular weight excluding hydrogens is 462 g/mol. The minimum atomic E-state index is -0.291.